The number of ether oxygens (including phenoxy) is 3. The molecule has 2 saturated heterocycles. The average molecular weight is 348 g/mol. The largest absolute Gasteiger partial charge is 0.497 e. The van der Waals surface area contributed by atoms with Crippen molar-refractivity contribution in [2.24, 2.45) is 0 Å². The number of amides is 1. The number of carbonyl (C=O) groups is 1. The quantitative estimate of drug-likeness (QED) is 0.811. The number of nitrogens with one attached hydrogen (secondary N) is 1. The van der Waals surface area contributed by atoms with Crippen molar-refractivity contribution >= 4 is 5.91 Å². The second-order valence-corrected chi connectivity index (χ2v) is 6.69. The Hall–Kier alpha value is -1.63. The topological polar surface area (TPSA) is 60.0 Å². The molecule has 1 amide bonds. The van der Waals surface area contributed by atoms with Crippen LogP contribution in [0.15, 0.2) is 24.3 Å². The molecular weight excluding hydrogens is 320 g/mol. The monoisotopic (exact) mass is 348 g/mol. The summed E-state index contributed by atoms with van der Waals surface area (Å²) in [6, 6.07) is 7.98. The molecule has 1 aromatic carbocycles. The SMILES string of the molecule is COc1cccc(CN(CC2CCCO2)C(=O)CC2COCCN2)c1. The van der Waals surface area contributed by atoms with Crippen LogP contribution in [0.3, 0.4) is 0 Å². The third kappa shape index (κ3) is 5.42. The third-order valence-electron chi connectivity index (χ3n) is 4.73. The summed E-state index contributed by atoms with van der Waals surface area (Å²) in [4.78, 5) is 14.8. The van der Waals surface area contributed by atoms with E-state index in [1.54, 1.807) is 7.11 Å². The molecule has 0 aliphatic carbocycles. The number of hydrogen-bond acceptors (Lipinski definition) is 5. The molecule has 1 aromatic rings. The molecule has 138 valence electrons. The molecule has 3 rings (SSSR count). The van der Waals surface area contributed by atoms with Crippen LogP contribution in [0.4, 0.5) is 0 Å². The summed E-state index contributed by atoms with van der Waals surface area (Å²) in [5.74, 6) is 0.950. The van der Waals surface area contributed by atoms with E-state index >= 15 is 0 Å². The first-order valence-electron chi connectivity index (χ1n) is 9.08. The smallest absolute Gasteiger partial charge is 0.224 e. The zero-order valence-corrected chi connectivity index (χ0v) is 14.9. The molecule has 2 heterocycles. The lowest BCUT2D eigenvalue weighted by molar-refractivity contribution is -0.134. The summed E-state index contributed by atoms with van der Waals surface area (Å²) < 4.78 is 16.5. The lowest BCUT2D eigenvalue weighted by Crippen LogP contribution is -2.46. The normalized spacial score (nSPS) is 23.4. The lowest BCUT2D eigenvalue weighted by atomic mass is 10.1. The van der Waals surface area contributed by atoms with Gasteiger partial charge in [-0.3, -0.25) is 4.79 Å². The Balaban J connectivity index is 1.65. The van der Waals surface area contributed by atoms with Crippen LogP contribution in [-0.2, 0) is 20.8 Å². The molecule has 0 bridgehead atoms. The number of morpholine rings is 1. The highest BCUT2D eigenvalue weighted by Crippen LogP contribution is 2.19. The summed E-state index contributed by atoms with van der Waals surface area (Å²) >= 11 is 0. The maximum Gasteiger partial charge on any atom is 0.224 e. The number of methoxy groups -OCH3 is 1. The van der Waals surface area contributed by atoms with Crippen LogP contribution in [0.5, 0.6) is 5.75 Å². The van der Waals surface area contributed by atoms with Gasteiger partial charge in [0.2, 0.25) is 5.91 Å². The fourth-order valence-corrected chi connectivity index (χ4v) is 3.37. The van der Waals surface area contributed by atoms with E-state index in [-0.39, 0.29) is 18.1 Å². The van der Waals surface area contributed by atoms with E-state index in [0.717, 1.165) is 37.3 Å². The third-order valence-corrected chi connectivity index (χ3v) is 4.73. The Morgan fingerprint density at radius 3 is 3.04 bits per heavy atom. The van der Waals surface area contributed by atoms with Crippen LogP contribution in [0.25, 0.3) is 0 Å². The first-order valence-corrected chi connectivity index (χ1v) is 9.08. The maximum absolute atomic E-state index is 12.9. The zero-order valence-electron chi connectivity index (χ0n) is 14.9. The van der Waals surface area contributed by atoms with Gasteiger partial charge in [0.1, 0.15) is 5.75 Å². The van der Waals surface area contributed by atoms with E-state index in [4.69, 9.17) is 14.2 Å². The Labute approximate surface area is 149 Å². The molecule has 25 heavy (non-hydrogen) atoms. The minimum absolute atomic E-state index is 0.0959. The van der Waals surface area contributed by atoms with Gasteiger partial charge in [-0.05, 0) is 30.5 Å². The Morgan fingerprint density at radius 2 is 2.32 bits per heavy atom. The van der Waals surface area contributed by atoms with Crippen molar-refractivity contribution in [3.63, 3.8) is 0 Å². The molecule has 2 unspecified atom stereocenters. The van der Waals surface area contributed by atoms with E-state index in [0.29, 0.717) is 32.7 Å². The van der Waals surface area contributed by atoms with Crippen molar-refractivity contribution in [3.8, 4) is 5.75 Å². The summed E-state index contributed by atoms with van der Waals surface area (Å²) in [5, 5.41) is 3.36. The highest BCUT2D eigenvalue weighted by molar-refractivity contribution is 5.77. The van der Waals surface area contributed by atoms with Crippen LogP contribution >= 0.6 is 0 Å². The van der Waals surface area contributed by atoms with Gasteiger partial charge < -0.3 is 24.4 Å². The van der Waals surface area contributed by atoms with Crippen LogP contribution < -0.4 is 10.1 Å². The standard InChI is InChI=1S/C19H28N2O4/c1-23-17-5-2-4-15(10-17)12-21(13-18-6-3-8-25-18)19(22)11-16-14-24-9-7-20-16/h2,4-5,10,16,18,20H,3,6-9,11-14H2,1H3. The first-order chi connectivity index (χ1) is 12.2. The Bertz CT molecular complexity index is 554. The van der Waals surface area contributed by atoms with Crippen molar-refractivity contribution in [1.29, 1.82) is 0 Å². The van der Waals surface area contributed by atoms with E-state index in [9.17, 15) is 4.79 Å². The van der Waals surface area contributed by atoms with E-state index in [2.05, 4.69) is 5.32 Å². The van der Waals surface area contributed by atoms with Crippen molar-refractivity contribution in [2.45, 2.75) is 38.0 Å². The molecule has 0 aromatic heterocycles. The number of rotatable bonds is 7. The van der Waals surface area contributed by atoms with Gasteiger partial charge >= 0.3 is 0 Å². The van der Waals surface area contributed by atoms with Gasteiger partial charge in [-0.1, -0.05) is 12.1 Å². The second-order valence-electron chi connectivity index (χ2n) is 6.69. The minimum Gasteiger partial charge on any atom is -0.497 e. The number of hydrogen-bond donors (Lipinski definition) is 1. The molecule has 6 nitrogen and oxygen atoms in total. The van der Waals surface area contributed by atoms with Gasteiger partial charge in [0.25, 0.3) is 0 Å². The van der Waals surface area contributed by atoms with Gasteiger partial charge in [-0.2, -0.15) is 0 Å². The molecule has 2 fully saturated rings. The van der Waals surface area contributed by atoms with Crippen molar-refractivity contribution < 1.29 is 19.0 Å². The molecule has 2 atom stereocenters. The van der Waals surface area contributed by atoms with Crippen LogP contribution in [0.1, 0.15) is 24.8 Å². The van der Waals surface area contributed by atoms with E-state index in [1.165, 1.54) is 0 Å². The van der Waals surface area contributed by atoms with E-state index < -0.39 is 0 Å². The number of benzene rings is 1. The Morgan fingerprint density at radius 1 is 1.40 bits per heavy atom. The summed E-state index contributed by atoms with van der Waals surface area (Å²) in [6.07, 6.45) is 2.69. The fraction of sp³-hybridized carbons (Fsp3) is 0.632. The number of carbonyl (C=O) groups excluding carboxylic acids is 1. The molecular formula is C19H28N2O4. The average Bonchev–Trinajstić information content (AvgIpc) is 3.15. The summed E-state index contributed by atoms with van der Waals surface area (Å²) in [7, 11) is 1.66. The lowest BCUT2D eigenvalue weighted by Gasteiger charge is -2.29. The predicted molar refractivity (Wildman–Crippen MR) is 94.6 cm³/mol. The van der Waals surface area contributed by atoms with Crippen molar-refractivity contribution in [3.05, 3.63) is 29.8 Å². The highest BCUT2D eigenvalue weighted by Gasteiger charge is 2.25. The molecule has 0 radical (unpaired) electrons. The van der Waals surface area contributed by atoms with Gasteiger partial charge in [0.15, 0.2) is 0 Å². The first kappa shape index (κ1) is 18.2. The van der Waals surface area contributed by atoms with Crippen molar-refractivity contribution in [1.82, 2.24) is 10.2 Å². The molecule has 6 heteroatoms. The molecule has 2 aliphatic rings. The highest BCUT2D eigenvalue weighted by atomic mass is 16.5. The predicted octanol–water partition coefficient (Wildman–Crippen LogP) is 1.58. The van der Waals surface area contributed by atoms with Crippen molar-refractivity contribution in [2.75, 3.05) is 40.0 Å². The fourth-order valence-electron chi connectivity index (χ4n) is 3.37. The molecule has 1 N–H and O–H groups in total. The minimum atomic E-state index is 0.0959. The van der Waals surface area contributed by atoms with E-state index in [1.807, 2.05) is 29.2 Å². The molecule has 0 saturated carbocycles. The zero-order chi connectivity index (χ0) is 17.5. The maximum atomic E-state index is 12.9. The van der Waals surface area contributed by atoms with Crippen LogP contribution in [0.2, 0.25) is 0 Å². The van der Waals surface area contributed by atoms with Gasteiger partial charge in [0.05, 0.1) is 26.4 Å². The molecule has 0 spiro atoms. The summed E-state index contributed by atoms with van der Waals surface area (Å²) in [6.45, 7) is 4.13. The Kier molecular flexibility index (Phi) is 6.67. The molecule has 2 aliphatic heterocycles. The number of nitrogens with zero attached hydrogens (tertiary/aromatic N) is 1. The van der Waals surface area contributed by atoms with Gasteiger partial charge in [0, 0.05) is 38.7 Å². The van der Waals surface area contributed by atoms with Gasteiger partial charge in [-0.25, -0.2) is 0 Å². The van der Waals surface area contributed by atoms with Crippen LogP contribution in [0, 0.1) is 0 Å². The summed E-state index contributed by atoms with van der Waals surface area (Å²) in [5.41, 5.74) is 1.07. The second kappa shape index (κ2) is 9.17. The van der Waals surface area contributed by atoms with Gasteiger partial charge in [-0.15, -0.1) is 0 Å². The van der Waals surface area contributed by atoms with Crippen LogP contribution in [-0.4, -0.2) is 63.0 Å².